The van der Waals surface area contributed by atoms with E-state index in [-0.39, 0.29) is 40.0 Å². The number of halogens is 4. The zero-order chi connectivity index (χ0) is 29.9. The van der Waals surface area contributed by atoms with Crippen molar-refractivity contribution in [1.82, 2.24) is 29.7 Å². The number of aryl methyl sites for hydroxylation is 2. The maximum absolute atomic E-state index is 14.8. The Morgan fingerprint density at radius 1 is 1.10 bits per heavy atom. The Hall–Kier alpha value is -4.39. The molecule has 6 rings (SSSR count). The number of aromatic nitrogens is 6. The van der Waals surface area contributed by atoms with Crippen LogP contribution in [0.4, 0.5) is 24.8 Å². The fourth-order valence-corrected chi connectivity index (χ4v) is 5.36. The van der Waals surface area contributed by atoms with Gasteiger partial charge in [0.1, 0.15) is 5.69 Å². The number of amides is 2. The summed E-state index contributed by atoms with van der Waals surface area (Å²) in [6.45, 7) is 5.89. The van der Waals surface area contributed by atoms with Crippen LogP contribution >= 0.6 is 11.6 Å². The number of alkyl halides is 2. The molecule has 3 aromatic heterocycles. The van der Waals surface area contributed by atoms with Crippen molar-refractivity contribution in [3.63, 3.8) is 0 Å². The number of nitrogens with one attached hydrogen (secondary N) is 1. The molecule has 4 aromatic rings. The first-order chi connectivity index (χ1) is 20.0. The molecule has 3 atom stereocenters. The van der Waals surface area contributed by atoms with E-state index in [1.54, 1.807) is 22.0 Å². The van der Waals surface area contributed by atoms with E-state index in [0.29, 0.717) is 29.8 Å². The van der Waals surface area contributed by atoms with Gasteiger partial charge in [-0.3, -0.25) is 24.2 Å². The van der Waals surface area contributed by atoms with E-state index < -0.39 is 29.3 Å². The number of carbonyl (C=O) groups is 2. The maximum Gasteiger partial charge on any atom is 0.276 e. The summed E-state index contributed by atoms with van der Waals surface area (Å²) in [7, 11) is 0. The zero-order valence-electron chi connectivity index (χ0n) is 22.6. The second-order valence-corrected chi connectivity index (χ2v) is 10.8. The quantitative estimate of drug-likeness (QED) is 0.307. The molecule has 0 bridgehead atoms. The van der Waals surface area contributed by atoms with Gasteiger partial charge < -0.3 is 5.32 Å². The minimum Gasteiger partial charge on any atom is -0.318 e. The highest BCUT2D eigenvalue weighted by Gasteiger charge is 2.53. The molecule has 0 unspecified atom stereocenters. The van der Waals surface area contributed by atoms with Gasteiger partial charge in [0.25, 0.3) is 12.3 Å². The molecule has 0 spiro atoms. The van der Waals surface area contributed by atoms with Gasteiger partial charge >= 0.3 is 0 Å². The molecule has 2 fully saturated rings. The lowest BCUT2D eigenvalue weighted by atomic mass is 10.0. The number of benzene rings is 1. The van der Waals surface area contributed by atoms with E-state index in [2.05, 4.69) is 30.4 Å². The van der Waals surface area contributed by atoms with Crippen molar-refractivity contribution in [2.75, 3.05) is 16.8 Å². The van der Waals surface area contributed by atoms with E-state index >= 15 is 0 Å². The van der Waals surface area contributed by atoms with Gasteiger partial charge in [-0.2, -0.15) is 5.10 Å². The van der Waals surface area contributed by atoms with Crippen LogP contribution in [0.2, 0.25) is 5.02 Å². The molecule has 42 heavy (non-hydrogen) atoms. The highest BCUT2D eigenvalue weighted by molar-refractivity contribution is 6.31. The Balaban J connectivity index is 1.21. The highest BCUT2D eigenvalue weighted by Crippen LogP contribution is 2.46. The summed E-state index contributed by atoms with van der Waals surface area (Å²) < 4.78 is 43.6. The molecule has 216 valence electrons. The monoisotopic (exact) mass is 596 g/mol. The third kappa shape index (κ3) is 4.87. The zero-order valence-corrected chi connectivity index (χ0v) is 23.4. The van der Waals surface area contributed by atoms with Crippen LogP contribution < -0.4 is 10.2 Å². The van der Waals surface area contributed by atoms with Crippen LogP contribution in [-0.4, -0.2) is 48.1 Å². The average molecular weight is 597 g/mol. The van der Waals surface area contributed by atoms with Crippen LogP contribution in [0, 0.1) is 31.5 Å². The average Bonchev–Trinajstić information content (AvgIpc) is 3.45. The molecular weight excluding hydrogens is 573 g/mol. The normalized spacial score (nSPS) is 18.4. The number of hydrogen-bond donors (Lipinski definition) is 1. The third-order valence-corrected chi connectivity index (χ3v) is 7.96. The van der Waals surface area contributed by atoms with Gasteiger partial charge in [-0.15, -0.1) is 0 Å². The largest absolute Gasteiger partial charge is 0.318 e. The summed E-state index contributed by atoms with van der Waals surface area (Å²) in [6, 6.07) is 1.74. The molecule has 0 radical (unpaired) electrons. The smallest absolute Gasteiger partial charge is 0.276 e. The number of fused-ring (bicyclic) bond motifs is 1. The Morgan fingerprint density at radius 3 is 2.57 bits per heavy atom. The standard InChI is InChI=1S/C28H24ClF3N8O2/c1-12-19(8-34-28(36-12)39-10-15-6-18(15)27(39)42)14(3)40-11-16(7-35-40)37-26(41)24-13(2)33-9-21(38-24)22-17(25(31)32)4-5-20(29)23(22)30/h4-5,7-9,11,14-15,18,25H,6,10H2,1-3H3,(H,37,41)/t14-,15-,18-/m1/s1. The first-order valence-corrected chi connectivity index (χ1v) is 13.5. The van der Waals surface area contributed by atoms with E-state index in [0.717, 1.165) is 30.3 Å². The van der Waals surface area contributed by atoms with Crippen molar-refractivity contribution < 1.29 is 22.8 Å². The molecular formula is C28H24ClF3N8O2. The summed E-state index contributed by atoms with van der Waals surface area (Å²) in [5.74, 6) is -0.785. The molecule has 1 aromatic carbocycles. The topological polar surface area (TPSA) is 119 Å². The summed E-state index contributed by atoms with van der Waals surface area (Å²) in [5, 5.41) is 6.66. The second kappa shape index (κ2) is 10.5. The number of piperidine rings is 1. The van der Waals surface area contributed by atoms with Crippen LogP contribution in [0.5, 0.6) is 0 Å². The van der Waals surface area contributed by atoms with Gasteiger partial charge in [0.15, 0.2) is 5.82 Å². The summed E-state index contributed by atoms with van der Waals surface area (Å²) in [4.78, 5) is 44.4. The Labute approximate surface area is 243 Å². The predicted octanol–water partition coefficient (Wildman–Crippen LogP) is 5.32. The summed E-state index contributed by atoms with van der Waals surface area (Å²) in [6.07, 6.45) is 3.77. The van der Waals surface area contributed by atoms with Crippen LogP contribution in [-0.2, 0) is 4.79 Å². The predicted molar refractivity (Wildman–Crippen MR) is 147 cm³/mol. The Morgan fingerprint density at radius 2 is 1.88 bits per heavy atom. The molecule has 10 nitrogen and oxygen atoms in total. The van der Waals surface area contributed by atoms with Gasteiger partial charge in [-0.1, -0.05) is 17.7 Å². The number of rotatable bonds is 7. The number of anilines is 2. The lowest BCUT2D eigenvalue weighted by Gasteiger charge is -2.19. The van der Waals surface area contributed by atoms with Crippen molar-refractivity contribution in [1.29, 1.82) is 0 Å². The molecule has 4 heterocycles. The van der Waals surface area contributed by atoms with Gasteiger partial charge in [0.05, 0.1) is 40.5 Å². The van der Waals surface area contributed by atoms with Gasteiger partial charge in [-0.25, -0.2) is 28.1 Å². The summed E-state index contributed by atoms with van der Waals surface area (Å²) in [5.41, 5.74) is 0.449. The SMILES string of the molecule is Cc1nc(N2C[C@H]3C[C@H]3C2=O)ncc1[C@@H](C)n1cc(NC(=O)c2nc(-c3c(C(F)F)ccc(Cl)c3F)cnc2C)cn1. The molecule has 1 saturated heterocycles. The van der Waals surface area contributed by atoms with Gasteiger partial charge in [0.2, 0.25) is 11.9 Å². The second-order valence-electron chi connectivity index (χ2n) is 10.4. The van der Waals surface area contributed by atoms with Crippen molar-refractivity contribution in [2.45, 2.75) is 39.7 Å². The number of carbonyl (C=O) groups excluding carboxylic acids is 2. The van der Waals surface area contributed by atoms with Crippen LogP contribution in [0.1, 0.15) is 58.8 Å². The fraction of sp³-hybridized carbons (Fsp3) is 0.321. The third-order valence-electron chi connectivity index (χ3n) is 7.66. The molecule has 1 aliphatic heterocycles. The van der Waals surface area contributed by atoms with E-state index in [1.165, 1.54) is 13.1 Å². The number of nitrogens with zero attached hydrogens (tertiary/aromatic N) is 7. The van der Waals surface area contributed by atoms with Crippen molar-refractivity contribution in [3.8, 4) is 11.3 Å². The van der Waals surface area contributed by atoms with Crippen molar-refractivity contribution >= 4 is 35.1 Å². The molecule has 2 amide bonds. The molecule has 1 saturated carbocycles. The lowest BCUT2D eigenvalue weighted by Crippen LogP contribution is -2.30. The van der Waals surface area contributed by atoms with E-state index in [1.807, 2.05) is 13.8 Å². The van der Waals surface area contributed by atoms with Crippen LogP contribution in [0.25, 0.3) is 11.3 Å². The number of hydrogen-bond acceptors (Lipinski definition) is 7. The molecule has 1 N–H and O–H groups in total. The van der Waals surface area contributed by atoms with Crippen molar-refractivity contribution in [2.24, 2.45) is 11.8 Å². The Kier molecular flexibility index (Phi) is 6.92. The van der Waals surface area contributed by atoms with Crippen LogP contribution in [0.3, 0.4) is 0 Å². The first-order valence-electron chi connectivity index (χ1n) is 13.1. The molecule has 2 aliphatic rings. The fourth-order valence-electron chi connectivity index (χ4n) is 5.20. The van der Waals surface area contributed by atoms with Gasteiger partial charge in [0, 0.05) is 47.2 Å². The molecule has 14 heteroatoms. The van der Waals surface area contributed by atoms with E-state index in [9.17, 15) is 22.8 Å². The first kappa shape index (κ1) is 27.8. The minimum atomic E-state index is -3.00. The Bertz CT molecular complexity index is 1750. The lowest BCUT2D eigenvalue weighted by molar-refractivity contribution is -0.118. The highest BCUT2D eigenvalue weighted by atomic mass is 35.5. The van der Waals surface area contributed by atoms with Gasteiger partial charge in [-0.05, 0) is 39.2 Å². The van der Waals surface area contributed by atoms with Crippen molar-refractivity contribution in [3.05, 3.63) is 76.0 Å². The van der Waals surface area contributed by atoms with Crippen LogP contribution in [0.15, 0.2) is 36.9 Å². The summed E-state index contributed by atoms with van der Waals surface area (Å²) >= 11 is 5.83. The minimum absolute atomic E-state index is 0.0743. The molecule has 1 aliphatic carbocycles. The van der Waals surface area contributed by atoms with E-state index in [4.69, 9.17) is 11.6 Å². The maximum atomic E-state index is 14.8.